The van der Waals surface area contributed by atoms with Crippen molar-refractivity contribution in [2.75, 3.05) is 30.8 Å². The van der Waals surface area contributed by atoms with Crippen LogP contribution in [0.15, 0.2) is 42.6 Å². The van der Waals surface area contributed by atoms with Gasteiger partial charge in [0.15, 0.2) is 5.82 Å². The number of nitrogens with one attached hydrogen (secondary N) is 2. The van der Waals surface area contributed by atoms with Gasteiger partial charge in [0.05, 0.1) is 30.1 Å². The van der Waals surface area contributed by atoms with Crippen molar-refractivity contribution in [3.8, 4) is 17.1 Å². The molecule has 8 nitrogen and oxygen atoms in total. The number of hydrogen-bond acceptors (Lipinski definition) is 6. The lowest BCUT2D eigenvalue weighted by Gasteiger charge is -2.11. The minimum Gasteiger partial charge on any atom is -0.475 e. The van der Waals surface area contributed by atoms with Gasteiger partial charge in [-0.2, -0.15) is 0 Å². The molecule has 0 fully saturated rings. The van der Waals surface area contributed by atoms with Crippen LogP contribution in [0, 0.1) is 5.82 Å². The minimum absolute atomic E-state index is 0.0485. The molecule has 168 valence electrons. The summed E-state index contributed by atoms with van der Waals surface area (Å²) in [6.45, 7) is 0.122. The van der Waals surface area contributed by atoms with E-state index in [1.54, 1.807) is 24.3 Å². The number of urea groups is 1. The molecule has 0 saturated heterocycles. The van der Waals surface area contributed by atoms with Crippen LogP contribution >= 0.6 is 23.2 Å². The van der Waals surface area contributed by atoms with Gasteiger partial charge in [-0.05, 0) is 29.8 Å². The van der Waals surface area contributed by atoms with Crippen molar-refractivity contribution >= 4 is 40.7 Å². The Morgan fingerprint density at radius 2 is 1.94 bits per heavy atom. The van der Waals surface area contributed by atoms with Gasteiger partial charge in [0.2, 0.25) is 0 Å². The quantitative estimate of drug-likeness (QED) is 0.363. The Morgan fingerprint density at radius 1 is 1.19 bits per heavy atom. The zero-order valence-corrected chi connectivity index (χ0v) is 18.3. The SMILES string of the molecule is Nc1ncc(-c2ccc(NC(=O)NCCO)cc2)nc1OCCc1c(Cl)ccc(F)c1Cl. The number of benzene rings is 2. The zero-order chi connectivity index (χ0) is 23.1. The summed E-state index contributed by atoms with van der Waals surface area (Å²) in [5, 5.41) is 14.2. The summed E-state index contributed by atoms with van der Waals surface area (Å²) in [5.74, 6) is -0.336. The number of aliphatic hydroxyl groups is 1. The standard InChI is InChI=1S/C21H20Cl2FN5O3/c22-15-5-6-16(24)18(23)14(15)7-10-32-20-19(25)27-11-17(29-20)12-1-3-13(4-2-12)28-21(31)26-8-9-30/h1-6,11,30H,7-10H2,(H2,25,27)(H2,26,28,31). The molecule has 3 rings (SSSR count). The fourth-order valence-corrected chi connectivity index (χ4v) is 3.30. The highest BCUT2D eigenvalue weighted by molar-refractivity contribution is 6.36. The molecule has 32 heavy (non-hydrogen) atoms. The van der Waals surface area contributed by atoms with E-state index in [1.807, 2.05) is 0 Å². The molecule has 2 aromatic carbocycles. The van der Waals surface area contributed by atoms with Gasteiger partial charge in [-0.15, -0.1) is 0 Å². The van der Waals surface area contributed by atoms with E-state index in [-0.39, 0.29) is 42.9 Å². The lowest BCUT2D eigenvalue weighted by molar-refractivity contribution is 0.245. The average Bonchev–Trinajstić information content (AvgIpc) is 2.79. The molecule has 5 N–H and O–H groups in total. The number of aliphatic hydroxyl groups excluding tert-OH is 1. The fraction of sp³-hybridized carbons (Fsp3) is 0.190. The molecule has 0 atom stereocenters. The summed E-state index contributed by atoms with van der Waals surface area (Å²) in [7, 11) is 0. The van der Waals surface area contributed by atoms with Gasteiger partial charge in [0.1, 0.15) is 5.82 Å². The number of carbonyl (C=O) groups excluding carboxylic acids is 1. The predicted molar refractivity (Wildman–Crippen MR) is 122 cm³/mol. The Hall–Kier alpha value is -3.14. The Balaban J connectivity index is 1.67. The summed E-state index contributed by atoms with van der Waals surface area (Å²) in [5.41, 5.74) is 8.09. The summed E-state index contributed by atoms with van der Waals surface area (Å²) in [6, 6.07) is 9.09. The first-order chi connectivity index (χ1) is 15.4. The number of amides is 2. The topological polar surface area (TPSA) is 122 Å². The molecule has 3 aromatic rings. The van der Waals surface area contributed by atoms with Gasteiger partial charge in [0, 0.05) is 29.2 Å². The molecular formula is C21H20Cl2FN5O3. The Morgan fingerprint density at radius 3 is 2.66 bits per heavy atom. The number of ether oxygens (including phenoxy) is 1. The van der Waals surface area contributed by atoms with E-state index in [2.05, 4.69) is 20.6 Å². The first kappa shape index (κ1) is 23.5. The summed E-state index contributed by atoms with van der Waals surface area (Å²) in [6.07, 6.45) is 1.75. The number of nitrogens with zero attached hydrogens (tertiary/aromatic N) is 2. The predicted octanol–water partition coefficient (Wildman–Crippen LogP) is 3.91. The molecule has 1 aromatic heterocycles. The van der Waals surface area contributed by atoms with Gasteiger partial charge in [-0.1, -0.05) is 35.3 Å². The van der Waals surface area contributed by atoms with E-state index in [9.17, 15) is 9.18 Å². The number of halogens is 3. The largest absolute Gasteiger partial charge is 0.475 e. The maximum atomic E-state index is 13.7. The molecule has 0 unspecified atom stereocenters. The zero-order valence-electron chi connectivity index (χ0n) is 16.7. The van der Waals surface area contributed by atoms with Gasteiger partial charge in [-0.3, -0.25) is 0 Å². The van der Waals surface area contributed by atoms with Crippen molar-refractivity contribution < 1.29 is 19.0 Å². The van der Waals surface area contributed by atoms with Crippen LogP contribution in [-0.2, 0) is 6.42 Å². The van der Waals surface area contributed by atoms with E-state index < -0.39 is 11.8 Å². The second-order valence-electron chi connectivity index (χ2n) is 6.55. The second-order valence-corrected chi connectivity index (χ2v) is 7.33. The monoisotopic (exact) mass is 479 g/mol. The molecule has 2 amide bonds. The van der Waals surface area contributed by atoms with Crippen molar-refractivity contribution in [3.05, 3.63) is 64.0 Å². The number of aromatic nitrogens is 2. The molecule has 1 heterocycles. The van der Waals surface area contributed by atoms with Crippen molar-refractivity contribution in [1.82, 2.24) is 15.3 Å². The molecule has 0 spiro atoms. The first-order valence-electron chi connectivity index (χ1n) is 9.53. The summed E-state index contributed by atoms with van der Waals surface area (Å²) in [4.78, 5) is 20.1. The number of anilines is 2. The lowest BCUT2D eigenvalue weighted by Crippen LogP contribution is -2.30. The Labute approximate surface area is 193 Å². The highest BCUT2D eigenvalue weighted by atomic mass is 35.5. The van der Waals surface area contributed by atoms with Crippen molar-refractivity contribution in [3.63, 3.8) is 0 Å². The van der Waals surface area contributed by atoms with Gasteiger partial charge < -0.3 is 26.2 Å². The molecule has 0 aliphatic rings. The van der Waals surface area contributed by atoms with Crippen LogP contribution < -0.4 is 21.1 Å². The third-order valence-electron chi connectivity index (χ3n) is 4.33. The number of hydrogen-bond donors (Lipinski definition) is 4. The van der Waals surface area contributed by atoms with Crippen LogP contribution in [0.25, 0.3) is 11.3 Å². The highest BCUT2D eigenvalue weighted by Crippen LogP contribution is 2.28. The average molecular weight is 480 g/mol. The van der Waals surface area contributed by atoms with E-state index in [4.69, 9.17) is 38.8 Å². The van der Waals surface area contributed by atoms with E-state index >= 15 is 0 Å². The second kappa shape index (κ2) is 10.9. The third kappa shape index (κ3) is 5.97. The maximum absolute atomic E-state index is 13.7. The molecule has 0 radical (unpaired) electrons. The van der Waals surface area contributed by atoms with E-state index in [0.29, 0.717) is 22.0 Å². The molecule has 0 saturated carbocycles. The van der Waals surface area contributed by atoms with Crippen molar-refractivity contribution in [2.45, 2.75) is 6.42 Å². The minimum atomic E-state index is -0.559. The number of carbonyl (C=O) groups is 1. The lowest BCUT2D eigenvalue weighted by atomic mass is 10.1. The smallest absolute Gasteiger partial charge is 0.319 e. The first-order valence-corrected chi connectivity index (χ1v) is 10.3. The van der Waals surface area contributed by atoms with E-state index in [0.717, 1.165) is 5.56 Å². The number of nitrogens with two attached hydrogens (primary N) is 1. The number of nitrogen functional groups attached to an aromatic ring is 1. The summed E-state index contributed by atoms with van der Waals surface area (Å²) < 4.78 is 19.3. The molecule has 0 aliphatic carbocycles. The van der Waals surface area contributed by atoms with Crippen LogP contribution in [0.3, 0.4) is 0 Å². The number of rotatable bonds is 8. The summed E-state index contributed by atoms with van der Waals surface area (Å²) >= 11 is 12.1. The normalized spacial score (nSPS) is 10.6. The van der Waals surface area contributed by atoms with Crippen LogP contribution in [-0.4, -0.2) is 40.9 Å². The Kier molecular flexibility index (Phi) is 8.04. The molecular weight excluding hydrogens is 460 g/mol. The Bertz CT molecular complexity index is 1100. The van der Waals surface area contributed by atoms with Crippen LogP contribution in [0.1, 0.15) is 5.56 Å². The highest BCUT2D eigenvalue weighted by Gasteiger charge is 2.13. The van der Waals surface area contributed by atoms with Gasteiger partial charge in [-0.25, -0.2) is 19.2 Å². The van der Waals surface area contributed by atoms with Gasteiger partial charge >= 0.3 is 6.03 Å². The van der Waals surface area contributed by atoms with Crippen molar-refractivity contribution in [1.29, 1.82) is 0 Å². The van der Waals surface area contributed by atoms with Crippen LogP contribution in [0.2, 0.25) is 10.0 Å². The molecule has 0 bridgehead atoms. The van der Waals surface area contributed by atoms with Gasteiger partial charge in [0.25, 0.3) is 5.88 Å². The van der Waals surface area contributed by atoms with Crippen LogP contribution in [0.5, 0.6) is 5.88 Å². The molecule has 0 aliphatic heterocycles. The van der Waals surface area contributed by atoms with Crippen molar-refractivity contribution in [2.24, 2.45) is 0 Å². The molecule has 11 heteroatoms. The maximum Gasteiger partial charge on any atom is 0.319 e. The van der Waals surface area contributed by atoms with E-state index in [1.165, 1.54) is 18.3 Å². The fourth-order valence-electron chi connectivity index (χ4n) is 2.74. The third-order valence-corrected chi connectivity index (χ3v) is 5.10. The van der Waals surface area contributed by atoms with Crippen LogP contribution in [0.4, 0.5) is 20.7 Å².